The maximum absolute atomic E-state index is 6.38. The van der Waals surface area contributed by atoms with Crippen molar-refractivity contribution in [1.29, 1.82) is 0 Å². The minimum atomic E-state index is 0. The van der Waals surface area contributed by atoms with Crippen molar-refractivity contribution in [2.24, 2.45) is 7.05 Å². The number of imidazole rings is 1. The molecule has 0 bridgehead atoms. The van der Waals surface area contributed by atoms with Gasteiger partial charge in [0.05, 0.1) is 11.5 Å². The van der Waals surface area contributed by atoms with Gasteiger partial charge in [0.15, 0.2) is 0 Å². The molecule has 0 N–H and O–H groups in total. The summed E-state index contributed by atoms with van der Waals surface area (Å²) in [5, 5.41) is 5.42. The van der Waals surface area contributed by atoms with Gasteiger partial charge in [-0.25, -0.2) is 0 Å². The topological polar surface area (TPSA) is 44.9 Å². The van der Waals surface area contributed by atoms with Gasteiger partial charge in [-0.1, -0.05) is 113 Å². The fraction of sp³-hybridized carbons (Fsp3) is 0.163. The molecule has 0 aliphatic heterocycles. The number of nitrogens with zero attached hydrogens (tertiary/aromatic N) is 4. The second kappa shape index (κ2) is 14.6. The first-order valence-corrected chi connectivity index (χ1v) is 16.5. The molecular formula is C43H38N4OPt. The molecule has 0 atom stereocenters. The molecule has 0 unspecified atom stereocenters. The van der Waals surface area contributed by atoms with Crippen LogP contribution in [0.2, 0.25) is 0 Å². The van der Waals surface area contributed by atoms with Crippen LogP contribution in [0.1, 0.15) is 50.7 Å². The summed E-state index contributed by atoms with van der Waals surface area (Å²) in [5.74, 6) is 2.62. The molecule has 2 heterocycles. The number of hydrogen-bond donors (Lipinski definition) is 0. The number of benzene rings is 5. The summed E-state index contributed by atoms with van der Waals surface area (Å²) in [7, 11) is 1.97. The molecule has 7 aromatic rings. The minimum Gasteiger partial charge on any atom is -0.503 e. The first-order chi connectivity index (χ1) is 23.4. The molecule has 246 valence electrons. The molecule has 49 heavy (non-hydrogen) atoms. The van der Waals surface area contributed by atoms with Crippen LogP contribution in [0.3, 0.4) is 0 Å². The van der Waals surface area contributed by atoms with Crippen molar-refractivity contribution in [3.8, 4) is 62.2 Å². The Morgan fingerprint density at radius 3 is 1.84 bits per heavy atom. The number of aromatic nitrogens is 4. The van der Waals surface area contributed by atoms with Crippen LogP contribution in [0.25, 0.3) is 50.7 Å². The van der Waals surface area contributed by atoms with Crippen molar-refractivity contribution in [3.05, 3.63) is 151 Å². The van der Waals surface area contributed by atoms with E-state index in [-0.39, 0.29) is 21.1 Å². The van der Waals surface area contributed by atoms with Gasteiger partial charge in [-0.05, 0) is 34.2 Å². The van der Waals surface area contributed by atoms with Crippen LogP contribution in [0.15, 0.2) is 128 Å². The molecule has 7 rings (SSSR count). The van der Waals surface area contributed by atoms with Crippen LogP contribution in [0.4, 0.5) is 0 Å². The maximum Gasteiger partial charge on any atom is 2.00 e. The van der Waals surface area contributed by atoms with E-state index in [9.17, 15) is 0 Å². The van der Waals surface area contributed by atoms with Gasteiger partial charge in [-0.3, -0.25) is 9.67 Å². The zero-order valence-corrected chi connectivity index (χ0v) is 30.6. The zero-order valence-electron chi connectivity index (χ0n) is 28.3. The Morgan fingerprint density at radius 1 is 0.633 bits per heavy atom. The summed E-state index contributed by atoms with van der Waals surface area (Å²) < 4.78 is 10.4. The number of rotatable bonds is 9. The van der Waals surface area contributed by atoms with Gasteiger partial charge in [-0.2, -0.15) is 11.2 Å². The average molecular weight is 822 g/mol. The van der Waals surface area contributed by atoms with Crippen molar-refractivity contribution >= 4 is 0 Å². The van der Waals surface area contributed by atoms with Crippen molar-refractivity contribution in [2.45, 2.75) is 39.5 Å². The summed E-state index contributed by atoms with van der Waals surface area (Å²) in [6.45, 7) is 9.08. The van der Waals surface area contributed by atoms with Gasteiger partial charge in [-0.15, -0.1) is 42.0 Å². The summed E-state index contributed by atoms with van der Waals surface area (Å²) in [6, 6.07) is 46.5. The van der Waals surface area contributed by atoms with Crippen molar-refractivity contribution in [3.63, 3.8) is 0 Å². The third-order valence-electron chi connectivity index (χ3n) is 8.63. The van der Waals surface area contributed by atoms with Crippen LogP contribution in [0, 0.1) is 12.1 Å². The summed E-state index contributed by atoms with van der Waals surface area (Å²) >= 11 is 0. The predicted octanol–water partition coefficient (Wildman–Crippen LogP) is 10.9. The van der Waals surface area contributed by atoms with E-state index in [0.29, 0.717) is 23.3 Å². The smallest absolute Gasteiger partial charge is 0.503 e. The molecule has 0 fully saturated rings. The van der Waals surface area contributed by atoms with E-state index >= 15 is 0 Å². The van der Waals surface area contributed by atoms with Gasteiger partial charge < -0.3 is 9.30 Å². The van der Waals surface area contributed by atoms with Crippen LogP contribution < -0.4 is 4.74 Å². The molecule has 0 amide bonds. The monoisotopic (exact) mass is 821 g/mol. The molecule has 2 aromatic heterocycles. The molecular weight excluding hydrogens is 784 g/mol. The minimum absolute atomic E-state index is 0. The van der Waals surface area contributed by atoms with E-state index in [1.165, 1.54) is 16.7 Å². The van der Waals surface area contributed by atoms with Crippen LogP contribution in [-0.4, -0.2) is 19.3 Å². The van der Waals surface area contributed by atoms with Gasteiger partial charge in [0.25, 0.3) is 0 Å². The molecule has 0 saturated carbocycles. The number of aryl methyl sites for hydroxylation is 1. The van der Waals surface area contributed by atoms with Crippen molar-refractivity contribution in [2.75, 3.05) is 0 Å². The molecule has 0 aliphatic carbocycles. The fourth-order valence-electron chi connectivity index (χ4n) is 6.33. The first kappa shape index (κ1) is 33.9. The Kier molecular flexibility index (Phi) is 10.1. The molecule has 0 spiro atoms. The van der Waals surface area contributed by atoms with E-state index < -0.39 is 0 Å². The van der Waals surface area contributed by atoms with Crippen LogP contribution in [0.5, 0.6) is 11.5 Å². The quantitative estimate of drug-likeness (QED) is 0.136. The SMILES string of the molecule is CC(C)c1cccc(C(C)C)c1-c1c(-c2ccccc2)nn(-c2[c-]c(Oc3[c-]c(-c4nccn4C)ccc3)ccc2)c1-c1ccccc1.[Pt+2]. The van der Waals surface area contributed by atoms with Crippen molar-refractivity contribution < 1.29 is 25.8 Å². The second-order valence-electron chi connectivity index (χ2n) is 12.6. The molecule has 0 saturated heterocycles. The third kappa shape index (κ3) is 6.82. The average Bonchev–Trinajstić information content (AvgIpc) is 3.73. The van der Waals surface area contributed by atoms with Crippen LogP contribution >= 0.6 is 0 Å². The molecule has 5 aromatic carbocycles. The van der Waals surface area contributed by atoms with E-state index in [1.54, 1.807) is 6.20 Å². The Hall–Kier alpha value is -4.99. The Labute approximate surface area is 303 Å². The fourth-order valence-corrected chi connectivity index (χ4v) is 6.33. The Bertz CT molecular complexity index is 2160. The maximum atomic E-state index is 6.38. The van der Waals surface area contributed by atoms with Crippen molar-refractivity contribution in [1.82, 2.24) is 19.3 Å². The van der Waals surface area contributed by atoms with Gasteiger partial charge in [0, 0.05) is 47.6 Å². The number of hydrogen-bond acceptors (Lipinski definition) is 3. The molecule has 6 heteroatoms. The summed E-state index contributed by atoms with van der Waals surface area (Å²) in [4.78, 5) is 4.48. The van der Waals surface area contributed by atoms with Gasteiger partial charge in [0.2, 0.25) is 0 Å². The van der Waals surface area contributed by atoms with Gasteiger partial charge in [0.1, 0.15) is 5.69 Å². The molecule has 5 nitrogen and oxygen atoms in total. The Morgan fingerprint density at radius 2 is 1.22 bits per heavy atom. The first-order valence-electron chi connectivity index (χ1n) is 16.5. The van der Waals surface area contributed by atoms with Gasteiger partial charge >= 0.3 is 21.1 Å². The van der Waals surface area contributed by atoms with Crippen LogP contribution in [-0.2, 0) is 28.1 Å². The summed E-state index contributed by atoms with van der Waals surface area (Å²) in [6.07, 6.45) is 3.70. The van der Waals surface area contributed by atoms with E-state index in [2.05, 4.69) is 118 Å². The third-order valence-corrected chi connectivity index (χ3v) is 8.63. The Balaban J connectivity index is 0.00000417. The molecule has 0 radical (unpaired) electrons. The zero-order chi connectivity index (χ0) is 33.2. The summed E-state index contributed by atoms with van der Waals surface area (Å²) in [5.41, 5.74) is 10.7. The normalized spacial score (nSPS) is 11.2. The van der Waals surface area contributed by atoms with E-state index in [4.69, 9.17) is 9.84 Å². The largest absolute Gasteiger partial charge is 2.00 e. The van der Waals surface area contributed by atoms with E-state index in [1.807, 2.05) is 65.0 Å². The second-order valence-corrected chi connectivity index (χ2v) is 12.6. The molecule has 0 aliphatic rings. The predicted molar refractivity (Wildman–Crippen MR) is 194 cm³/mol. The van der Waals surface area contributed by atoms with E-state index in [0.717, 1.165) is 45.2 Å². The number of ether oxygens (including phenoxy) is 1. The standard InChI is InChI=1S/C43H38N4O.Pt/c1-29(2)37-23-14-24-38(30(3)4)39(37)40-41(31-15-8-6-9-16-31)45-47(42(40)32-17-10-7-11-18-32)34-20-13-22-36(28-34)48-35-21-12-19-33(27-35)43-44-25-26-46(43)5;/h6-26,29-30H,1-5H3;/q-2;+2.